The number of nitrogens with one attached hydrogen (secondary N) is 2. The molecule has 1 unspecified atom stereocenters. The van der Waals surface area contributed by atoms with Crippen molar-refractivity contribution in [3.8, 4) is 0 Å². The lowest BCUT2D eigenvalue weighted by Crippen LogP contribution is -2.26. The average Bonchev–Trinajstić information content (AvgIpc) is 3.03. The number of aromatic nitrogens is 4. The summed E-state index contributed by atoms with van der Waals surface area (Å²) in [6.45, 7) is 8.23. The first-order valence-electron chi connectivity index (χ1n) is 7.00. The van der Waals surface area contributed by atoms with Crippen molar-refractivity contribution in [2.75, 3.05) is 6.54 Å². The molecular weight excluding hydrogens is 238 g/mol. The van der Waals surface area contributed by atoms with Gasteiger partial charge < -0.3 is 10.3 Å². The van der Waals surface area contributed by atoms with Crippen LogP contribution in [0.15, 0.2) is 18.5 Å². The molecule has 0 amide bonds. The first-order chi connectivity index (χ1) is 9.24. The number of rotatable bonds is 7. The molecule has 0 saturated heterocycles. The molecule has 0 bridgehead atoms. The zero-order valence-electron chi connectivity index (χ0n) is 12.0. The van der Waals surface area contributed by atoms with E-state index in [-0.39, 0.29) is 6.04 Å². The lowest BCUT2D eigenvalue weighted by Gasteiger charge is -2.16. The van der Waals surface area contributed by atoms with Crippen molar-refractivity contribution < 1.29 is 0 Å². The van der Waals surface area contributed by atoms with E-state index in [1.165, 1.54) is 5.69 Å². The molecule has 0 aromatic carbocycles. The first kappa shape index (κ1) is 13.8. The summed E-state index contributed by atoms with van der Waals surface area (Å²) in [6.07, 6.45) is 5.70. The molecule has 5 nitrogen and oxygen atoms in total. The summed E-state index contributed by atoms with van der Waals surface area (Å²) in [6, 6.07) is 2.38. The van der Waals surface area contributed by atoms with Gasteiger partial charge in [-0.3, -0.25) is 4.68 Å². The molecule has 0 aliphatic rings. The molecule has 0 aliphatic heterocycles. The number of hydrogen-bond acceptors (Lipinski definition) is 3. The molecule has 104 valence electrons. The van der Waals surface area contributed by atoms with Crippen LogP contribution in [0, 0.1) is 6.92 Å². The maximum Gasteiger partial charge on any atom is 0.123 e. The van der Waals surface area contributed by atoms with E-state index < -0.39 is 0 Å². The minimum Gasteiger partial charge on any atom is -0.347 e. The number of hydrogen-bond donors (Lipinski definition) is 2. The van der Waals surface area contributed by atoms with Gasteiger partial charge in [0.15, 0.2) is 0 Å². The van der Waals surface area contributed by atoms with Crippen LogP contribution in [0.25, 0.3) is 0 Å². The van der Waals surface area contributed by atoms with Gasteiger partial charge >= 0.3 is 0 Å². The monoisotopic (exact) mass is 261 g/mol. The number of aromatic amines is 1. The molecule has 2 aromatic heterocycles. The summed E-state index contributed by atoms with van der Waals surface area (Å²) in [4.78, 5) is 7.59. The van der Waals surface area contributed by atoms with E-state index in [2.05, 4.69) is 45.0 Å². The second-order valence-electron chi connectivity index (χ2n) is 4.78. The Morgan fingerprint density at radius 1 is 1.42 bits per heavy atom. The number of H-pyrrole nitrogens is 1. The normalized spacial score (nSPS) is 12.8. The van der Waals surface area contributed by atoms with E-state index in [1.807, 2.05) is 13.1 Å². The summed E-state index contributed by atoms with van der Waals surface area (Å²) < 4.78 is 2.07. The molecule has 0 saturated carbocycles. The van der Waals surface area contributed by atoms with Crippen LogP contribution in [0.5, 0.6) is 0 Å². The highest BCUT2D eigenvalue weighted by Gasteiger charge is 2.16. The minimum absolute atomic E-state index is 0.219. The van der Waals surface area contributed by atoms with Crippen LogP contribution >= 0.6 is 0 Å². The van der Waals surface area contributed by atoms with E-state index in [0.717, 1.165) is 37.4 Å². The van der Waals surface area contributed by atoms with Crippen molar-refractivity contribution in [3.05, 3.63) is 35.7 Å². The lowest BCUT2D eigenvalue weighted by atomic mass is 10.1. The van der Waals surface area contributed by atoms with Crippen molar-refractivity contribution in [2.24, 2.45) is 0 Å². The second kappa shape index (κ2) is 6.52. The molecule has 1 atom stereocenters. The lowest BCUT2D eigenvalue weighted by molar-refractivity contribution is 0.486. The predicted octanol–water partition coefficient (Wildman–Crippen LogP) is 2.22. The van der Waals surface area contributed by atoms with Gasteiger partial charge in [0.05, 0.1) is 11.7 Å². The molecule has 2 N–H and O–H groups in total. The van der Waals surface area contributed by atoms with E-state index >= 15 is 0 Å². The van der Waals surface area contributed by atoms with Crippen LogP contribution in [0.4, 0.5) is 0 Å². The molecular formula is C14H23N5. The highest BCUT2D eigenvalue weighted by molar-refractivity contribution is 5.12. The smallest absolute Gasteiger partial charge is 0.123 e. The molecule has 19 heavy (non-hydrogen) atoms. The molecule has 2 aromatic rings. The third kappa shape index (κ3) is 3.44. The number of imidazole rings is 1. The fourth-order valence-corrected chi connectivity index (χ4v) is 2.30. The Balaban J connectivity index is 2.15. The van der Waals surface area contributed by atoms with Crippen LogP contribution in [-0.4, -0.2) is 26.3 Å². The van der Waals surface area contributed by atoms with Gasteiger partial charge in [-0.15, -0.1) is 0 Å². The number of nitrogens with zero attached hydrogens (tertiary/aromatic N) is 3. The molecule has 0 fully saturated rings. The summed E-state index contributed by atoms with van der Waals surface area (Å²) in [5, 5.41) is 8.05. The molecule has 2 heterocycles. The van der Waals surface area contributed by atoms with Gasteiger partial charge in [-0.1, -0.05) is 6.92 Å². The average molecular weight is 261 g/mol. The molecule has 5 heteroatoms. The van der Waals surface area contributed by atoms with Crippen LogP contribution in [0.1, 0.15) is 43.5 Å². The zero-order chi connectivity index (χ0) is 13.7. The van der Waals surface area contributed by atoms with Gasteiger partial charge in [0.25, 0.3) is 0 Å². The SMILES string of the molecule is CCCNC(Cc1cc(C)nn1CC)c1ncc[nH]1. The van der Waals surface area contributed by atoms with E-state index in [1.54, 1.807) is 6.20 Å². The molecule has 0 radical (unpaired) electrons. The van der Waals surface area contributed by atoms with Crippen molar-refractivity contribution in [3.63, 3.8) is 0 Å². The fourth-order valence-electron chi connectivity index (χ4n) is 2.30. The Morgan fingerprint density at radius 3 is 2.89 bits per heavy atom. The highest BCUT2D eigenvalue weighted by Crippen LogP contribution is 2.16. The second-order valence-corrected chi connectivity index (χ2v) is 4.78. The molecule has 0 aliphatic carbocycles. The van der Waals surface area contributed by atoms with Gasteiger partial charge in [0.2, 0.25) is 0 Å². The standard InChI is InChI=1S/C14H23N5/c1-4-6-15-13(14-16-7-8-17-14)10-12-9-11(3)18-19(12)5-2/h7-9,13,15H,4-6,10H2,1-3H3,(H,16,17). The van der Waals surface area contributed by atoms with E-state index in [4.69, 9.17) is 0 Å². The zero-order valence-corrected chi connectivity index (χ0v) is 12.0. The number of aryl methyl sites for hydroxylation is 2. The Labute approximate surface area is 114 Å². The van der Waals surface area contributed by atoms with E-state index in [0.29, 0.717) is 0 Å². The van der Waals surface area contributed by atoms with Crippen molar-refractivity contribution in [2.45, 2.75) is 46.2 Å². The van der Waals surface area contributed by atoms with Gasteiger partial charge in [0.1, 0.15) is 5.82 Å². The molecule has 0 spiro atoms. The maximum absolute atomic E-state index is 4.50. The minimum atomic E-state index is 0.219. The predicted molar refractivity (Wildman–Crippen MR) is 76.0 cm³/mol. The third-order valence-corrected chi connectivity index (χ3v) is 3.19. The Kier molecular flexibility index (Phi) is 4.74. The van der Waals surface area contributed by atoms with Gasteiger partial charge in [-0.05, 0) is 32.9 Å². The molecule has 2 rings (SSSR count). The summed E-state index contributed by atoms with van der Waals surface area (Å²) in [7, 11) is 0. The Morgan fingerprint density at radius 2 is 2.26 bits per heavy atom. The summed E-state index contributed by atoms with van der Waals surface area (Å²) in [5.74, 6) is 0.995. The van der Waals surface area contributed by atoms with Crippen molar-refractivity contribution in [1.29, 1.82) is 0 Å². The highest BCUT2D eigenvalue weighted by atomic mass is 15.3. The summed E-state index contributed by atoms with van der Waals surface area (Å²) in [5.41, 5.74) is 2.33. The third-order valence-electron chi connectivity index (χ3n) is 3.19. The van der Waals surface area contributed by atoms with Gasteiger partial charge in [-0.25, -0.2) is 4.98 Å². The van der Waals surface area contributed by atoms with Gasteiger partial charge in [0, 0.05) is 31.1 Å². The van der Waals surface area contributed by atoms with Crippen LogP contribution < -0.4 is 5.32 Å². The first-order valence-corrected chi connectivity index (χ1v) is 7.00. The maximum atomic E-state index is 4.50. The van der Waals surface area contributed by atoms with E-state index in [9.17, 15) is 0 Å². The van der Waals surface area contributed by atoms with Crippen LogP contribution in [0.2, 0.25) is 0 Å². The van der Waals surface area contributed by atoms with Gasteiger partial charge in [-0.2, -0.15) is 5.10 Å². The quantitative estimate of drug-likeness (QED) is 0.803. The van der Waals surface area contributed by atoms with Crippen molar-refractivity contribution >= 4 is 0 Å². The largest absolute Gasteiger partial charge is 0.347 e. The van der Waals surface area contributed by atoms with Crippen molar-refractivity contribution in [1.82, 2.24) is 25.1 Å². The topological polar surface area (TPSA) is 58.5 Å². The van der Waals surface area contributed by atoms with Crippen LogP contribution in [0.3, 0.4) is 0 Å². The fraction of sp³-hybridized carbons (Fsp3) is 0.571. The van der Waals surface area contributed by atoms with Crippen LogP contribution in [-0.2, 0) is 13.0 Å². The Hall–Kier alpha value is -1.62. The summed E-state index contributed by atoms with van der Waals surface area (Å²) >= 11 is 0. The Bertz CT molecular complexity index is 486.